The molecular formula is C15H25N3O2. The Kier molecular flexibility index (Phi) is 5.31. The van der Waals surface area contributed by atoms with Gasteiger partial charge in [-0.2, -0.15) is 4.98 Å². The summed E-state index contributed by atoms with van der Waals surface area (Å²) in [7, 11) is 0. The van der Waals surface area contributed by atoms with Crippen molar-refractivity contribution in [2.45, 2.75) is 51.7 Å². The molecule has 1 saturated carbocycles. The van der Waals surface area contributed by atoms with Crippen LogP contribution in [0.1, 0.15) is 51.2 Å². The smallest absolute Gasteiger partial charge is 0.240 e. The summed E-state index contributed by atoms with van der Waals surface area (Å²) in [5.41, 5.74) is -0.355. The average molecular weight is 279 g/mol. The van der Waals surface area contributed by atoms with E-state index in [1.165, 1.54) is 6.42 Å². The van der Waals surface area contributed by atoms with Crippen LogP contribution in [0, 0.1) is 5.92 Å². The molecule has 0 aliphatic heterocycles. The van der Waals surface area contributed by atoms with E-state index >= 15 is 0 Å². The molecule has 0 amide bonds. The molecule has 2 unspecified atom stereocenters. The first kappa shape index (κ1) is 15.2. The standard InChI is InChI=1S/C15H25N3O2/c1-4-9-16-11-13-17-14(18-20-13)15(19-5-2)8-6-7-12(3)10-15/h4,12,16H,1,5-11H2,2-3H3. The lowest BCUT2D eigenvalue weighted by Crippen LogP contribution is -2.36. The van der Waals surface area contributed by atoms with E-state index in [0.29, 0.717) is 30.8 Å². The van der Waals surface area contributed by atoms with Gasteiger partial charge in [0.2, 0.25) is 11.7 Å². The van der Waals surface area contributed by atoms with E-state index in [4.69, 9.17) is 9.26 Å². The van der Waals surface area contributed by atoms with Gasteiger partial charge in [0.15, 0.2) is 0 Å². The molecule has 2 atom stereocenters. The van der Waals surface area contributed by atoms with E-state index in [9.17, 15) is 0 Å². The number of nitrogens with one attached hydrogen (secondary N) is 1. The van der Waals surface area contributed by atoms with Gasteiger partial charge in [-0.15, -0.1) is 6.58 Å². The molecule has 2 rings (SSSR count). The van der Waals surface area contributed by atoms with E-state index in [-0.39, 0.29) is 5.60 Å². The highest BCUT2D eigenvalue weighted by Crippen LogP contribution is 2.41. The molecule has 20 heavy (non-hydrogen) atoms. The number of ether oxygens (including phenoxy) is 1. The van der Waals surface area contributed by atoms with Crippen molar-refractivity contribution in [2.24, 2.45) is 5.92 Å². The number of hydrogen-bond acceptors (Lipinski definition) is 5. The van der Waals surface area contributed by atoms with E-state index in [2.05, 4.69) is 29.0 Å². The van der Waals surface area contributed by atoms with Gasteiger partial charge in [0.1, 0.15) is 5.60 Å². The number of nitrogens with zero attached hydrogens (tertiary/aromatic N) is 2. The van der Waals surface area contributed by atoms with Crippen molar-refractivity contribution in [3.63, 3.8) is 0 Å². The molecule has 1 heterocycles. The molecule has 1 aliphatic rings. The van der Waals surface area contributed by atoms with Crippen LogP contribution in [0.2, 0.25) is 0 Å². The Labute approximate surface area is 120 Å². The first-order valence-electron chi connectivity index (χ1n) is 7.49. The second-order valence-corrected chi connectivity index (χ2v) is 5.56. The number of rotatable bonds is 7. The average Bonchev–Trinajstić information content (AvgIpc) is 2.89. The van der Waals surface area contributed by atoms with Crippen LogP contribution in [-0.4, -0.2) is 23.3 Å². The maximum atomic E-state index is 6.04. The third-order valence-corrected chi connectivity index (χ3v) is 3.82. The lowest BCUT2D eigenvalue weighted by Gasteiger charge is -2.37. The fourth-order valence-corrected chi connectivity index (χ4v) is 2.97. The van der Waals surface area contributed by atoms with Gasteiger partial charge in [-0.25, -0.2) is 0 Å². The number of hydrogen-bond donors (Lipinski definition) is 1. The minimum atomic E-state index is -0.355. The van der Waals surface area contributed by atoms with Crippen molar-refractivity contribution < 1.29 is 9.26 Å². The van der Waals surface area contributed by atoms with Gasteiger partial charge in [-0.05, 0) is 32.1 Å². The summed E-state index contributed by atoms with van der Waals surface area (Å²) in [6, 6.07) is 0. The first-order valence-corrected chi connectivity index (χ1v) is 7.49. The minimum Gasteiger partial charge on any atom is -0.367 e. The van der Waals surface area contributed by atoms with Crippen LogP contribution in [0.5, 0.6) is 0 Å². The first-order chi connectivity index (χ1) is 9.70. The second-order valence-electron chi connectivity index (χ2n) is 5.56. The Morgan fingerprint density at radius 2 is 2.45 bits per heavy atom. The normalized spacial score (nSPS) is 26.6. The Hall–Kier alpha value is -1.20. The molecule has 1 aromatic heterocycles. The summed E-state index contributed by atoms with van der Waals surface area (Å²) in [5.74, 6) is 1.96. The Bertz CT molecular complexity index is 429. The van der Waals surface area contributed by atoms with Crippen LogP contribution in [0.15, 0.2) is 17.2 Å². The van der Waals surface area contributed by atoms with Gasteiger partial charge < -0.3 is 14.6 Å². The van der Waals surface area contributed by atoms with Crippen LogP contribution in [0.4, 0.5) is 0 Å². The topological polar surface area (TPSA) is 60.2 Å². The van der Waals surface area contributed by atoms with Crippen molar-refractivity contribution in [1.82, 2.24) is 15.5 Å². The molecule has 5 nitrogen and oxygen atoms in total. The molecule has 112 valence electrons. The summed E-state index contributed by atoms with van der Waals surface area (Å²) in [6.07, 6.45) is 6.16. The van der Waals surface area contributed by atoms with Crippen LogP contribution in [-0.2, 0) is 16.9 Å². The van der Waals surface area contributed by atoms with E-state index < -0.39 is 0 Å². The van der Waals surface area contributed by atoms with Gasteiger partial charge in [0, 0.05) is 13.2 Å². The van der Waals surface area contributed by atoms with Crippen LogP contribution < -0.4 is 5.32 Å². The van der Waals surface area contributed by atoms with Crippen LogP contribution in [0.25, 0.3) is 0 Å². The maximum absolute atomic E-state index is 6.04. The monoisotopic (exact) mass is 279 g/mol. The highest BCUT2D eigenvalue weighted by Gasteiger charge is 2.41. The predicted molar refractivity (Wildman–Crippen MR) is 77.1 cm³/mol. The largest absolute Gasteiger partial charge is 0.367 e. The predicted octanol–water partition coefficient (Wildman–Crippen LogP) is 2.79. The molecule has 0 radical (unpaired) electrons. The Balaban J connectivity index is 2.10. The zero-order valence-electron chi connectivity index (χ0n) is 12.5. The zero-order chi connectivity index (χ0) is 14.4. The summed E-state index contributed by atoms with van der Waals surface area (Å²) in [6.45, 7) is 9.92. The summed E-state index contributed by atoms with van der Waals surface area (Å²) in [5, 5.41) is 7.33. The van der Waals surface area contributed by atoms with E-state index in [1.54, 1.807) is 0 Å². The fourth-order valence-electron chi connectivity index (χ4n) is 2.97. The van der Waals surface area contributed by atoms with E-state index in [0.717, 1.165) is 25.8 Å². The third-order valence-electron chi connectivity index (χ3n) is 3.82. The molecule has 1 N–H and O–H groups in total. The van der Waals surface area contributed by atoms with E-state index in [1.807, 2.05) is 13.0 Å². The molecule has 1 aromatic rings. The second kappa shape index (κ2) is 6.99. The lowest BCUT2D eigenvalue weighted by molar-refractivity contribution is -0.0891. The molecule has 0 saturated heterocycles. The summed E-state index contributed by atoms with van der Waals surface area (Å²) in [4.78, 5) is 4.53. The highest BCUT2D eigenvalue weighted by molar-refractivity contribution is 5.04. The molecular weight excluding hydrogens is 254 g/mol. The molecule has 1 fully saturated rings. The van der Waals surface area contributed by atoms with Gasteiger partial charge in [0.25, 0.3) is 0 Å². The molecule has 0 bridgehead atoms. The molecule has 0 aromatic carbocycles. The quantitative estimate of drug-likeness (QED) is 0.614. The summed E-state index contributed by atoms with van der Waals surface area (Å²) < 4.78 is 11.4. The van der Waals surface area contributed by atoms with Gasteiger partial charge in [-0.1, -0.05) is 24.6 Å². The minimum absolute atomic E-state index is 0.355. The van der Waals surface area contributed by atoms with Crippen LogP contribution in [0.3, 0.4) is 0 Å². The molecule has 5 heteroatoms. The SMILES string of the molecule is C=CCNCc1nc(C2(OCC)CCCC(C)C2)no1. The lowest BCUT2D eigenvalue weighted by atomic mass is 9.78. The Morgan fingerprint density at radius 1 is 1.60 bits per heavy atom. The zero-order valence-corrected chi connectivity index (χ0v) is 12.5. The Morgan fingerprint density at radius 3 is 3.15 bits per heavy atom. The molecule has 0 spiro atoms. The van der Waals surface area contributed by atoms with Crippen molar-refractivity contribution in [3.8, 4) is 0 Å². The van der Waals surface area contributed by atoms with Gasteiger partial charge in [0.05, 0.1) is 6.54 Å². The van der Waals surface area contributed by atoms with Crippen molar-refractivity contribution in [2.75, 3.05) is 13.2 Å². The van der Waals surface area contributed by atoms with Crippen LogP contribution >= 0.6 is 0 Å². The van der Waals surface area contributed by atoms with Gasteiger partial charge >= 0.3 is 0 Å². The summed E-state index contributed by atoms with van der Waals surface area (Å²) >= 11 is 0. The van der Waals surface area contributed by atoms with Crippen molar-refractivity contribution >= 4 is 0 Å². The maximum Gasteiger partial charge on any atom is 0.240 e. The fraction of sp³-hybridized carbons (Fsp3) is 0.733. The number of aromatic nitrogens is 2. The van der Waals surface area contributed by atoms with Crippen molar-refractivity contribution in [1.29, 1.82) is 0 Å². The van der Waals surface area contributed by atoms with Gasteiger partial charge in [-0.3, -0.25) is 0 Å². The third kappa shape index (κ3) is 3.46. The highest BCUT2D eigenvalue weighted by atomic mass is 16.5. The van der Waals surface area contributed by atoms with Crippen molar-refractivity contribution in [3.05, 3.63) is 24.4 Å². The molecule has 1 aliphatic carbocycles.